The number of hydrogen-bond donors (Lipinski definition) is 0. The summed E-state index contributed by atoms with van der Waals surface area (Å²) in [6, 6.07) is 0. The molecule has 0 saturated carbocycles. The standard InChI is InChI=1S/C10H15F3O5S3/c1-3-6-20(18-21(15,16)10(11,12)13)7-5-19-9(20)8(14)17-4-2/h3,9H,1,4-7H2,2H3. The van der Waals surface area contributed by atoms with Gasteiger partial charge < -0.3 is 4.74 Å². The van der Waals surface area contributed by atoms with Gasteiger partial charge in [-0.1, -0.05) is 16.4 Å². The highest BCUT2D eigenvalue weighted by Crippen LogP contribution is 2.64. The molecular formula is C10H15F3O5S3. The average Bonchev–Trinajstić information content (AvgIpc) is 2.71. The Morgan fingerprint density at radius 3 is 2.62 bits per heavy atom. The molecule has 1 aliphatic rings. The fourth-order valence-electron chi connectivity index (χ4n) is 1.67. The Morgan fingerprint density at radius 2 is 2.14 bits per heavy atom. The van der Waals surface area contributed by atoms with Crippen molar-refractivity contribution in [2.24, 2.45) is 0 Å². The van der Waals surface area contributed by atoms with E-state index in [1.165, 1.54) is 6.08 Å². The third-order valence-electron chi connectivity index (χ3n) is 2.48. The zero-order valence-electron chi connectivity index (χ0n) is 11.1. The summed E-state index contributed by atoms with van der Waals surface area (Å²) in [6.07, 6.45) is 1.26. The summed E-state index contributed by atoms with van der Waals surface area (Å²) < 4.78 is 68.4. The minimum absolute atomic E-state index is 0.0471. The number of rotatable bonds is 6. The van der Waals surface area contributed by atoms with Crippen LogP contribution in [0.4, 0.5) is 13.2 Å². The summed E-state index contributed by atoms with van der Waals surface area (Å²) in [6.45, 7) is 5.00. The lowest BCUT2D eigenvalue weighted by molar-refractivity contribution is -0.140. The van der Waals surface area contributed by atoms with Crippen LogP contribution in [0.2, 0.25) is 0 Å². The number of halogens is 3. The second kappa shape index (κ2) is 6.80. The number of hydrogen-bond acceptors (Lipinski definition) is 6. The van der Waals surface area contributed by atoms with Gasteiger partial charge in [-0.05, 0) is 6.92 Å². The summed E-state index contributed by atoms with van der Waals surface area (Å²) in [5.41, 5.74) is -5.53. The molecule has 0 aromatic rings. The minimum Gasteiger partial charge on any atom is -0.465 e. The van der Waals surface area contributed by atoms with E-state index in [1.54, 1.807) is 6.92 Å². The van der Waals surface area contributed by atoms with Crippen LogP contribution in [0.15, 0.2) is 12.7 Å². The van der Waals surface area contributed by atoms with Crippen LogP contribution in [-0.2, 0) is 23.3 Å². The van der Waals surface area contributed by atoms with Crippen LogP contribution in [0.5, 0.6) is 0 Å². The minimum atomic E-state index is -5.78. The largest absolute Gasteiger partial charge is 0.523 e. The van der Waals surface area contributed by atoms with E-state index in [0.717, 1.165) is 11.8 Å². The quantitative estimate of drug-likeness (QED) is 0.407. The van der Waals surface area contributed by atoms with Crippen molar-refractivity contribution >= 4 is 38.2 Å². The van der Waals surface area contributed by atoms with Crippen LogP contribution in [0.3, 0.4) is 0 Å². The van der Waals surface area contributed by atoms with E-state index in [2.05, 4.69) is 10.2 Å². The molecule has 2 atom stereocenters. The first-order valence-corrected chi connectivity index (χ1v) is 10.2. The molecule has 2 unspecified atom stereocenters. The van der Waals surface area contributed by atoms with Gasteiger partial charge in [0.25, 0.3) is 0 Å². The molecule has 5 nitrogen and oxygen atoms in total. The number of carbonyl (C=O) groups excluding carboxylic acids is 1. The number of esters is 1. The maximum atomic E-state index is 12.5. The number of thioether (sulfide) groups is 1. The van der Waals surface area contributed by atoms with Gasteiger partial charge in [0.2, 0.25) is 0 Å². The smallest absolute Gasteiger partial charge is 0.465 e. The van der Waals surface area contributed by atoms with Crippen molar-refractivity contribution < 1.29 is 34.7 Å². The lowest BCUT2D eigenvalue weighted by Crippen LogP contribution is -2.33. The summed E-state index contributed by atoms with van der Waals surface area (Å²) in [5.74, 6) is -0.504. The van der Waals surface area contributed by atoms with Crippen molar-refractivity contribution in [2.75, 3.05) is 23.9 Å². The van der Waals surface area contributed by atoms with Gasteiger partial charge in [0.05, 0.1) is 6.61 Å². The lowest BCUT2D eigenvalue weighted by atomic mass is 10.7. The van der Waals surface area contributed by atoms with Crippen molar-refractivity contribution in [1.29, 1.82) is 0 Å². The van der Waals surface area contributed by atoms with E-state index in [-0.39, 0.29) is 18.1 Å². The third kappa shape index (κ3) is 4.08. The van der Waals surface area contributed by atoms with Gasteiger partial charge in [0, 0.05) is 17.3 Å². The topological polar surface area (TPSA) is 69.7 Å². The molecule has 1 aliphatic heterocycles. The molecule has 0 radical (unpaired) electrons. The number of carbonyl (C=O) groups is 1. The molecule has 1 rings (SSSR count). The second-order valence-corrected chi connectivity index (χ2v) is 10.3. The molecule has 124 valence electrons. The zero-order valence-corrected chi connectivity index (χ0v) is 13.5. The fraction of sp³-hybridized carbons (Fsp3) is 0.700. The van der Waals surface area contributed by atoms with E-state index in [9.17, 15) is 26.4 Å². The maximum Gasteiger partial charge on any atom is 0.523 e. The monoisotopic (exact) mass is 368 g/mol. The van der Waals surface area contributed by atoms with Crippen LogP contribution in [0, 0.1) is 0 Å². The first-order valence-electron chi connectivity index (χ1n) is 5.78. The molecule has 1 saturated heterocycles. The summed E-state index contributed by atoms with van der Waals surface area (Å²) in [5, 5.41) is 0. The van der Waals surface area contributed by atoms with Gasteiger partial charge in [-0.2, -0.15) is 21.6 Å². The average molecular weight is 368 g/mol. The van der Waals surface area contributed by atoms with Crippen LogP contribution < -0.4 is 0 Å². The molecule has 0 bridgehead atoms. The molecule has 0 aliphatic carbocycles. The van der Waals surface area contributed by atoms with E-state index < -0.39 is 36.5 Å². The molecule has 0 aromatic carbocycles. The zero-order chi connectivity index (χ0) is 16.3. The molecule has 11 heteroatoms. The van der Waals surface area contributed by atoms with Gasteiger partial charge >= 0.3 is 21.6 Å². The van der Waals surface area contributed by atoms with Crippen molar-refractivity contribution in [3.05, 3.63) is 12.7 Å². The van der Waals surface area contributed by atoms with Gasteiger partial charge in [-0.15, -0.1) is 18.3 Å². The molecule has 0 spiro atoms. The van der Waals surface area contributed by atoms with Crippen LogP contribution >= 0.6 is 22.1 Å². The Morgan fingerprint density at radius 1 is 1.52 bits per heavy atom. The summed E-state index contributed by atoms with van der Waals surface area (Å²) >= 11 is 1.05. The summed E-state index contributed by atoms with van der Waals surface area (Å²) in [4.78, 5) is 11.9. The van der Waals surface area contributed by atoms with E-state index >= 15 is 0 Å². The molecule has 0 aromatic heterocycles. The SMILES string of the molecule is C=CCS1(OS(=O)(=O)C(F)(F)F)CCSC1C(=O)OCC. The van der Waals surface area contributed by atoms with E-state index in [4.69, 9.17) is 4.74 Å². The molecular weight excluding hydrogens is 353 g/mol. The normalized spacial score (nSPS) is 29.6. The van der Waals surface area contributed by atoms with Crippen LogP contribution in [0.1, 0.15) is 6.92 Å². The Hall–Kier alpha value is -0.390. The maximum absolute atomic E-state index is 12.5. The highest BCUT2D eigenvalue weighted by Gasteiger charge is 2.55. The van der Waals surface area contributed by atoms with Gasteiger partial charge in [0.1, 0.15) is 0 Å². The highest BCUT2D eigenvalue weighted by molar-refractivity contribution is 8.42. The third-order valence-corrected chi connectivity index (χ3v) is 10.2. The second-order valence-electron chi connectivity index (χ2n) is 3.95. The Balaban J connectivity index is 3.14. The van der Waals surface area contributed by atoms with Crippen molar-refractivity contribution in [2.45, 2.75) is 17.0 Å². The highest BCUT2D eigenvalue weighted by atomic mass is 32.3. The Labute approximate surface area is 126 Å². The molecule has 1 heterocycles. The Bertz CT molecular complexity index is 505. The molecule has 0 amide bonds. The van der Waals surface area contributed by atoms with Gasteiger partial charge in [-0.25, -0.2) is 8.42 Å². The van der Waals surface area contributed by atoms with E-state index in [1.807, 2.05) is 0 Å². The first-order chi connectivity index (χ1) is 9.59. The van der Waals surface area contributed by atoms with Crippen molar-refractivity contribution in [1.82, 2.24) is 0 Å². The molecule has 1 fully saturated rings. The predicted octanol–water partition coefficient (Wildman–Crippen LogP) is 2.39. The predicted molar refractivity (Wildman–Crippen MR) is 76.5 cm³/mol. The van der Waals surface area contributed by atoms with Gasteiger partial charge in [0.15, 0.2) is 4.58 Å². The molecule has 0 N–H and O–H groups in total. The molecule has 21 heavy (non-hydrogen) atoms. The number of alkyl halides is 3. The van der Waals surface area contributed by atoms with Crippen molar-refractivity contribution in [3.63, 3.8) is 0 Å². The number of ether oxygens (including phenoxy) is 1. The Kier molecular flexibility index (Phi) is 6.04. The van der Waals surface area contributed by atoms with Gasteiger partial charge in [-0.3, -0.25) is 0 Å². The fourth-order valence-corrected chi connectivity index (χ4v) is 9.58. The van der Waals surface area contributed by atoms with Crippen molar-refractivity contribution in [3.8, 4) is 0 Å². The summed E-state index contributed by atoms with van der Waals surface area (Å²) in [7, 11) is -8.63. The first kappa shape index (κ1) is 18.7. The van der Waals surface area contributed by atoms with Crippen LogP contribution in [0.25, 0.3) is 0 Å². The lowest BCUT2D eigenvalue weighted by Gasteiger charge is -2.36. The van der Waals surface area contributed by atoms with Crippen LogP contribution in [-0.4, -0.2) is 48.3 Å². The van der Waals surface area contributed by atoms with E-state index in [0.29, 0.717) is 5.75 Å².